The van der Waals surface area contributed by atoms with Gasteiger partial charge in [0.05, 0.1) is 12.6 Å². The summed E-state index contributed by atoms with van der Waals surface area (Å²) in [5, 5.41) is 3.54. The third-order valence-corrected chi connectivity index (χ3v) is 4.01. The van der Waals surface area contributed by atoms with E-state index in [9.17, 15) is 9.59 Å². The van der Waals surface area contributed by atoms with Gasteiger partial charge in [-0.05, 0) is 24.6 Å². The number of amides is 1. The van der Waals surface area contributed by atoms with E-state index >= 15 is 0 Å². The summed E-state index contributed by atoms with van der Waals surface area (Å²) in [6, 6.07) is 16.7. The largest absolute Gasteiger partial charge is 0.483 e. The average Bonchev–Trinajstić information content (AvgIpc) is 2.70. The molecule has 2 aromatic carbocycles. The van der Waals surface area contributed by atoms with E-state index in [-0.39, 0.29) is 18.2 Å². The second-order valence-electron chi connectivity index (χ2n) is 6.07. The predicted octanol–water partition coefficient (Wildman–Crippen LogP) is 3.03. The van der Waals surface area contributed by atoms with Gasteiger partial charge in [-0.2, -0.15) is 0 Å². The van der Waals surface area contributed by atoms with Crippen LogP contribution in [0.3, 0.4) is 0 Å². The highest BCUT2D eigenvalue weighted by Crippen LogP contribution is 2.27. The van der Waals surface area contributed by atoms with Crippen molar-refractivity contribution in [2.45, 2.75) is 13.5 Å². The van der Waals surface area contributed by atoms with E-state index in [1.54, 1.807) is 6.07 Å². The molecule has 27 heavy (non-hydrogen) atoms. The van der Waals surface area contributed by atoms with Crippen molar-refractivity contribution in [3.8, 4) is 5.75 Å². The molecular weight excluding hydrogens is 344 g/mol. The van der Waals surface area contributed by atoms with Crippen LogP contribution < -0.4 is 10.1 Å². The number of ether oxygens (including phenoxy) is 2. The van der Waals surface area contributed by atoms with Crippen molar-refractivity contribution in [1.29, 1.82) is 0 Å². The van der Waals surface area contributed by atoms with Gasteiger partial charge in [-0.3, -0.25) is 4.79 Å². The van der Waals surface area contributed by atoms with Crippen LogP contribution in [0.25, 0.3) is 10.9 Å². The number of aryl methyl sites for hydroxylation is 1. The molecule has 0 saturated carbocycles. The predicted molar refractivity (Wildman–Crippen MR) is 102 cm³/mol. The fourth-order valence-corrected chi connectivity index (χ4v) is 2.63. The van der Waals surface area contributed by atoms with Crippen molar-refractivity contribution in [1.82, 2.24) is 10.3 Å². The second-order valence-corrected chi connectivity index (χ2v) is 6.07. The molecule has 1 aromatic heterocycles. The summed E-state index contributed by atoms with van der Waals surface area (Å²) < 4.78 is 10.4. The Bertz CT molecular complexity index is 971. The Balaban J connectivity index is 1.75. The van der Waals surface area contributed by atoms with Crippen LogP contribution in [-0.2, 0) is 16.1 Å². The van der Waals surface area contributed by atoms with Crippen LogP contribution in [0.2, 0.25) is 0 Å². The summed E-state index contributed by atoms with van der Waals surface area (Å²) in [7, 11) is 1.29. The monoisotopic (exact) mass is 364 g/mol. The van der Waals surface area contributed by atoms with Crippen molar-refractivity contribution >= 4 is 22.8 Å². The molecule has 3 aromatic rings. The molecule has 0 aliphatic heterocycles. The van der Waals surface area contributed by atoms with E-state index in [1.807, 2.05) is 49.4 Å². The minimum atomic E-state index is -0.559. The lowest BCUT2D eigenvalue weighted by Gasteiger charge is -2.12. The molecule has 1 N–H and O–H groups in total. The van der Waals surface area contributed by atoms with E-state index in [4.69, 9.17) is 9.47 Å². The van der Waals surface area contributed by atoms with Crippen LogP contribution in [-0.4, -0.2) is 30.6 Å². The number of carbonyl (C=O) groups is 2. The maximum absolute atomic E-state index is 12.1. The van der Waals surface area contributed by atoms with E-state index < -0.39 is 5.97 Å². The lowest BCUT2D eigenvalue weighted by molar-refractivity contribution is -0.123. The van der Waals surface area contributed by atoms with Crippen molar-refractivity contribution in [3.63, 3.8) is 0 Å². The molecule has 0 radical (unpaired) electrons. The van der Waals surface area contributed by atoms with Crippen molar-refractivity contribution in [3.05, 3.63) is 71.4 Å². The minimum Gasteiger partial charge on any atom is -0.483 e. The quantitative estimate of drug-likeness (QED) is 0.680. The van der Waals surface area contributed by atoms with Crippen LogP contribution >= 0.6 is 0 Å². The van der Waals surface area contributed by atoms with Gasteiger partial charge in [0.1, 0.15) is 5.75 Å². The molecule has 6 heteroatoms. The number of rotatable bonds is 6. The zero-order valence-corrected chi connectivity index (χ0v) is 15.2. The molecule has 6 nitrogen and oxygen atoms in total. The fraction of sp³-hybridized carbons (Fsp3) is 0.190. The molecule has 0 atom stereocenters. The Morgan fingerprint density at radius 3 is 2.59 bits per heavy atom. The number of nitrogens with zero attached hydrogens (tertiary/aromatic N) is 1. The van der Waals surface area contributed by atoms with Crippen LogP contribution in [0.4, 0.5) is 0 Å². The highest BCUT2D eigenvalue weighted by Gasteiger charge is 2.14. The standard InChI is InChI=1S/C21H20N2O4/c1-14-8-9-17-16(10-14)19(11-18(23-17)21(25)26-2)27-13-20(24)22-12-15-6-4-3-5-7-15/h3-11H,12-13H2,1-2H3,(H,22,24). The number of fused-ring (bicyclic) bond motifs is 1. The van der Waals surface area contributed by atoms with Gasteiger partial charge in [0.2, 0.25) is 0 Å². The zero-order valence-electron chi connectivity index (χ0n) is 15.2. The number of aromatic nitrogens is 1. The number of hydrogen-bond donors (Lipinski definition) is 1. The normalized spacial score (nSPS) is 10.4. The smallest absolute Gasteiger partial charge is 0.356 e. The number of benzene rings is 2. The third-order valence-electron chi connectivity index (χ3n) is 4.01. The number of hydrogen-bond acceptors (Lipinski definition) is 5. The highest BCUT2D eigenvalue weighted by molar-refractivity contribution is 5.94. The molecule has 0 bridgehead atoms. The second kappa shape index (κ2) is 8.31. The van der Waals surface area contributed by atoms with Gasteiger partial charge in [0, 0.05) is 18.0 Å². The Morgan fingerprint density at radius 2 is 1.85 bits per heavy atom. The summed E-state index contributed by atoms with van der Waals surface area (Å²) in [6.07, 6.45) is 0. The molecule has 0 aliphatic rings. The summed E-state index contributed by atoms with van der Waals surface area (Å²) >= 11 is 0. The molecule has 1 heterocycles. The molecule has 0 aliphatic carbocycles. The molecular formula is C21H20N2O4. The van der Waals surface area contributed by atoms with Crippen LogP contribution in [0, 0.1) is 6.92 Å². The third kappa shape index (κ3) is 4.61. The first-order chi connectivity index (χ1) is 13.1. The summed E-state index contributed by atoms with van der Waals surface area (Å²) in [4.78, 5) is 28.3. The van der Waals surface area contributed by atoms with Crippen molar-refractivity contribution < 1.29 is 19.1 Å². The molecule has 3 rings (SSSR count). The highest BCUT2D eigenvalue weighted by atomic mass is 16.5. The van der Waals surface area contributed by atoms with Gasteiger partial charge in [-0.15, -0.1) is 0 Å². The lowest BCUT2D eigenvalue weighted by Crippen LogP contribution is -2.28. The fourth-order valence-electron chi connectivity index (χ4n) is 2.63. The number of pyridine rings is 1. The van der Waals surface area contributed by atoms with Crippen LogP contribution in [0.1, 0.15) is 21.6 Å². The van der Waals surface area contributed by atoms with E-state index in [0.717, 1.165) is 16.5 Å². The maximum Gasteiger partial charge on any atom is 0.356 e. The lowest BCUT2D eigenvalue weighted by atomic mass is 10.1. The van der Waals surface area contributed by atoms with E-state index in [0.29, 0.717) is 17.8 Å². The summed E-state index contributed by atoms with van der Waals surface area (Å²) in [5.41, 5.74) is 2.76. The zero-order chi connectivity index (χ0) is 19.2. The van der Waals surface area contributed by atoms with Gasteiger partial charge in [0.15, 0.2) is 12.3 Å². The molecule has 0 fully saturated rings. The van der Waals surface area contributed by atoms with Gasteiger partial charge in [-0.1, -0.05) is 42.0 Å². The number of methoxy groups -OCH3 is 1. The van der Waals surface area contributed by atoms with Gasteiger partial charge in [-0.25, -0.2) is 9.78 Å². The van der Waals surface area contributed by atoms with Crippen LogP contribution in [0.15, 0.2) is 54.6 Å². The van der Waals surface area contributed by atoms with E-state index in [1.165, 1.54) is 13.2 Å². The van der Waals surface area contributed by atoms with E-state index in [2.05, 4.69) is 10.3 Å². The van der Waals surface area contributed by atoms with Crippen molar-refractivity contribution in [2.24, 2.45) is 0 Å². The Kier molecular flexibility index (Phi) is 5.66. The topological polar surface area (TPSA) is 77.5 Å². The minimum absolute atomic E-state index is 0.133. The first-order valence-electron chi connectivity index (χ1n) is 8.50. The Labute approximate surface area is 157 Å². The maximum atomic E-state index is 12.1. The number of esters is 1. The van der Waals surface area contributed by atoms with Gasteiger partial charge in [0.25, 0.3) is 5.91 Å². The molecule has 138 valence electrons. The number of carbonyl (C=O) groups excluding carboxylic acids is 2. The molecule has 0 unspecified atom stereocenters. The molecule has 1 amide bonds. The Morgan fingerprint density at radius 1 is 1.07 bits per heavy atom. The molecule has 0 spiro atoms. The first kappa shape index (κ1) is 18.4. The van der Waals surface area contributed by atoms with Gasteiger partial charge < -0.3 is 14.8 Å². The summed E-state index contributed by atoms with van der Waals surface area (Å²) in [5.74, 6) is -0.397. The Hall–Kier alpha value is -3.41. The SMILES string of the molecule is COC(=O)c1cc(OCC(=O)NCc2ccccc2)c2cc(C)ccc2n1. The van der Waals surface area contributed by atoms with Gasteiger partial charge >= 0.3 is 5.97 Å². The molecule has 0 saturated heterocycles. The number of nitrogens with one attached hydrogen (secondary N) is 1. The van der Waals surface area contributed by atoms with Crippen LogP contribution in [0.5, 0.6) is 5.75 Å². The summed E-state index contributed by atoms with van der Waals surface area (Å²) in [6.45, 7) is 2.21. The first-order valence-corrected chi connectivity index (χ1v) is 8.50. The average molecular weight is 364 g/mol. The van der Waals surface area contributed by atoms with Crippen molar-refractivity contribution in [2.75, 3.05) is 13.7 Å².